The number of primary amides is 1. The van der Waals surface area contributed by atoms with Crippen molar-refractivity contribution in [1.82, 2.24) is 10.6 Å². The Labute approximate surface area is 147 Å². The van der Waals surface area contributed by atoms with Crippen molar-refractivity contribution in [2.45, 2.75) is 31.8 Å². The molecule has 0 unspecified atom stereocenters. The molecule has 8 heteroatoms. The van der Waals surface area contributed by atoms with E-state index in [2.05, 4.69) is 33.1 Å². The standard InChI is InChI=1S/C16H19BrFN3O3/c1-9(17)7-13(15(19)23)21-16(24)14(20-10(2)22)8-11-5-3-4-6-12(11)18/h3-6,13-14H,1,7-8H2,2H3,(H2,19,23)(H,20,22)(H,21,24)/t13-,14+/m1/s1. The maximum atomic E-state index is 13.8. The van der Waals surface area contributed by atoms with Crippen LogP contribution in [0.2, 0.25) is 0 Å². The van der Waals surface area contributed by atoms with Crippen LogP contribution in [0.5, 0.6) is 0 Å². The first-order chi connectivity index (χ1) is 11.2. The van der Waals surface area contributed by atoms with Crippen LogP contribution in [-0.4, -0.2) is 29.8 Å². The van der Waals surface area contributed by atoms with Crippen LogP contribution in [0.25, 0.3) is 0 Å². The molecule has 0 heterocycles. The highest BCUT2D eigenvalue weighted by Crippen LogP contribution is 2.12. The summed E-state index contributed by atoms with van der Waals surface area (Å²) in [6, 6.07) is 3.91. The Hall–Kier alpha value is -2.22. The van der Waals surface area contributed by atoms with Gasteiger partial charge in [-0.2, -0.15) is 0 Å². The van der Waals surface area contributed by atoms with Gasteiger partial charge in [0.1, 0.15) is 17.9 Å². The number of benzene rings is 1. The summed E-state index contributed by atoms with van der Waals surface area (Å²) in [7, 11) is 0. The molecular weight excluding hydrogens is 381 g/mol. The summed E-state index contributed by atoms with van der Waals surface area (Å²) in [6.45, 7) is 4.84. The predicted molar refractivity (Wildman–Crippen MR) is 91.5 cm³/mol. The fraction of sp³-hybridized carbons (Fsp3) is 0.312. The number of rotatable bonds is 8. The van der Waals surface area contributed by atoms with Crippen molar-refractivity contribution < 1.29 is 18.8 Å². The van der Waals surface area contributed by atoms with Gasteiger partial charge in [-0.05, 0) is 16.1 Å². The van der Waals surface area contributed by atoms with Crippen molar-refractivity contribution in [2.75, 3.05) is 0 Å². The van der Waals surface area contributed by atoms with E-state index in [-0.39, 0.29) is 18.4 Å². The fourth-order valence-corrected chi connectivity index (χ4v) is 2.38. The minimum Gasteiger partial charge on any atom is -0.368 e. The molecule has 0 radical (unpaired) electrons. The van der Waals surface area contributed by atoms with Crippen molar-refractivity contribution >= 4 is 33.7 Å². The fourth-order valence-electron chi connectivity index (χ4n) is 2.06. The number of carbonyl (C=O) groups excluding carboxylic acids is 3. The lowest BCUT2D eigenvalue weighted by atomic mass is 10.0. The highest BCUT2D eigenvalue weighted by Gasteiger charge is 2.26. The minimum atomic E-state index is -1.04. The van der Waals surface area contributed by atoms with Gasteiger partial charge >= 0.3 is 0 Å². The van der Waals surface area contributed by atoms with Crippen LogP contribution >= 0.6 is 15.9 Å². The van der Waals surface area contributed by atoms with Crippen molar-refractivity contribution in [1.29, 1.82) is 0 Å². The first kappa shape index (κ1) is 19.8. The topological polar surface area (TPSA) is 101 Å². The molecule has 0 aromatic heterocycles. The zero-order valence-corrected chi connectivity index (χ0v) is 14.7. The highest BCUT2D eigenvalue weighted by atomic mass is 79.9. The van der Waals surface area contributed by atoms with Gasteiger partial charge < -0.3 is 16.4 Å². The monoisotopic (exact) mass is 399 g/mol. The normalized spacial score (nSPS) is 12.8. The first-order valence-electron chi connectivity index (χ1n) is 7.14. The van der Waals surface area contributed by atoms with Gasteiger partial charge in [0, 0.05) is 19.8 Å². The van der Waals surface area contributed by atoms with Crippen molar-refractivity contribution in [3.8, 4) is 0 Å². The average Bonchev–Trinajstić information content (AvgIpc) is 2.47. The van der Waals surface area contributed by atoms with Crippen LogP contribution in [0.1, 0.15) is 18.9 Å². The zero-order valence-electron chi connectivity index (χ0n) is 13.1. The third-order valence-electron chi connectivity index (χ3n) is 3.16. The molecule has 0 aliphatic heterocycles. The van der Waals surface area contributed by atoms with Crippen LogP contribution in [0, 0.1) is 5.82 Å². The molecule has 0 aliphatic rings. The largest absolute Gasteiger partial charge is 0.368 e. The maximum Gasteiger partial charge on any atom is 0.243 e. The van der Waals surface area contributed by atoms with E-state index in [0.29, 0.717) is 4.48 Å². The summed E-state index contributed by atoms with van der Waals surface area (Å²) < 4.78 is 14.3. The first-order valence-corrected chi connectivity index (χ1v) is 7.93. The Bertz CT molecular complexity index is 651. The molecule has 6 nitrogen and oxygen atoms in total. The Kier molecular flexibility index (Phi) is 7.57. The minimum absolute atomic E-state index is 0.0567. The Balaban J connectivity index is 2.92. The Morgan fingerprint density at radius 1 is 1.25 bits per heavy atom. The molecule has 0 bridgehead atoms. The lowest BCUT2D eigenvalue weighted by Gasteiger charge is -2.21. The molecule has 0 spiro atoms. The van der Waals surface area contributed by atoms with Crippen LogP contribution in [0.15, 0.2) is 35.3 Å². The summed E-state index contributed by atoms with van der Waals surface area (Å²) in [5.74, 6) is -2.31. The number of carbonyl (C=O) groups is 3. The Morgan fingerprint density at radius 3 is 2.38 bits per heavy atom. The summed E-state index contributed by atoms with van der Waals surface area (Å²) in [6.07, 6.45) is 0.0480. The van der Waals surface area contributed by atoms with Crippen LogP contribution in [-0.2, 0) is 20.8 Å². The molecular formula is C16H19BrFN3O3. The molecule has 2 atom stereocenters. The molecule has 0 saturated carbocycles. The van der Waals surface area contributed by atoms with E-state index < -0.39 is 35.6 Å². The molecule has 0 aliphatic carbocycles. The predicted octanol–water partition coefficient (Wildman–Crippen LogP) is 1.14. The van der Waals surface area contributed by atoms with Gasteiger partial charge in [0.15, 0.2) is 0 Å². The zero-order chi connectivity index (χ0) is 18.3. The van der Waals surface area contributed by atoms with E-state index in [1.54, 1.807) is 6.07 Å². The molecule has 0 saturated heterocycles. The number of nitrogens with one attached hydrogen (secondary N) is 2. The maximum absolute atomic E-state index is 13.8. The van der Waals surface area contributed by atoms with Crippen molar-refractivity contribution in [3.05, 3.63) is 46.7 Å². The second-order valence-electron chi connectivity index (χ2n) is 5.23. The number of hydrogen-bond donors (Lipinski definition) is 3. The van der Waals surface area contributed by atoms with Gasteiger partial charge in [-0.15, -0.1) is 0 Å². The SMILES string of the molecule is C=C(Br)C[C@@H](NC(=O)[C@H](Cc1ccccc1F)NC(C)=O)C(N)=O. The second kappa shape index (κ2) is 9.17. The van der Waals surface area contributed by atoms with E-state index >= 15 is 0 Å². The van der Waals surface area contributed by atoms with Gasteiger partial charge in [0.25, 0.3) is 0 Å². The van der Waals surface area contributed by atoms with Gasteiger partial charge in [-0.3, -0.25) is 14.4 Å². The van der Waals surface area contributed by atoms with E-state index in [0.717, 1.165) is 0 Å². The second-order valence-corrected chi connectivity index (χ2v) is 6.36. The molecule has 1 rings (SSSR count). The lowest BCUT2D eigenvalue weighted by Crippen LogP contribution is -2.53. The number of nitrogens with two attached hydrogens (primary N) is 1. The van der Waals surface area contributed by atoms with Gasteiger partial charge in [-0.1, -0.05) is 40.7 Å². The van der Waals surface area contributed by atoms with Crippen LogP contribution < -0.4 is 16.4 Å². The van der Waals surface area contributed by atoms with E-state index in [1.165, 1.54) is 25.1 Å². The lowest BCUT2D eigenvalue weighted by molar-refractivity contribution is -0.130. The highest BCUT2D eigenvalue weighted by molar-refractivity contribution is 9.11. The quantitative estimate of drug-likeness (QED) is 0.610. The van der Waals surface area contributed by atoms with Crippen molar-refractivity contribution in [2.24, 2.45) is 5.73 Å². The molecule has 4 N–H and O–H groups in total. The molecule has 3 amide bonds. The van der Waals surface area contributed by atoms with Crippen molar-refractivity contribution in [3.63, 3.8) is 0 Å². The van der Waals surface area contributed by atoms with Gasteiger partial charge in [-0.25, -0.2) is 4.39 Å². The van der Waals surface area contributed by atoms with Gasteiger partial charge in [0.2, 0.25) is 17.7 Å². The van der Waals surface area contributed by atoms with Gasteiger partial charge in [0.05, 0.1) is 0 Å². The average molecular weight is 400 g/mol. The number of halogens is 2. The number of hydrogen-bond acceptors (Lipinski definition) is 3. The molecule has 0 fully saturated rings. The van der Waals surface area contributed by atoms with E-state index in [9.17, 15) is 18.8 Å². The van der Waals surface area contributed by atoms with Crippen LogP contribution in [0.3, 0.4) is 0 Å². The third-order valence-corrected chi connectivity index (χ3v) is 3.49. The summed E-state index contributed by atoms with van der Waals surface area (Å²) in [4.78, 5) is 35.1. The molecule has 130 valence electrons. The molecule has 1 aromatic carbocycles. The van der Waals surface area contributed by atoms with E-state index in [1.807, 2.05) is 0 Å². The molecule has 1 aromatic rings. The summed E-state index contributed by atoms with van der Waals surface area (Å²) in [5.41, 5.74) is 5.52. The molecule has 24 heavy (non-hydrogen) atoms. The Morgan fingerprint density at radius 2 is 1.88 bits per heavy atom. The number of amides is 3. The van der Waals surface area contributed by atoms with Crippen LogP contribution in [0.4, 0.5) is 4.39 Å². The van der Waals surface area contributed by atoms with E-state index in [4.69, 9.17) is 5.73 Å². The summed E-state index contributed by atoms with van der Waals surface area (Å²) >= 11 is 3.10. The smallest absolute Gasteiger partial charge is 0.243 e. The summed E-state index contributed by atoms with van der Waals surface area (Å²) in [5, 5.41) is 4.90. The third kappa shape index (κ3) is 6.49.